The third-order valence-electron chi connectivity index (χ3n) is 1.67. The van der Waals surface area contributed by atoms with Crippen LogP contribution in [0.1, 0.15) is 11.1 Å². The SMILES string of the molecule is N#Cc1cc(OC(F)(F)F)cc(C(N)=NO)c1. The molecule has 0 saturated carbocycles. The molecule has 0 aliphatic rings. The maximum atomic E-state index is 12.0. The van der Waals surface area contributed by atoms with Crippen molar-refractivity contribution in [3.63, 3.8) is 0 Å². The lowest BCUT2D eigenvalue weighted by molar-refractivity contribution is -0.274. The minimum absolute atomic E-state index is 0.0502. The Bertz CT molecular complexity index is 491. The highest BCUT2D eigenvalue weighted by Gasteiger charge is 2.31. The molecule has 0 aromatic heterocycles. The van der Waals surface area contributed by atoms with Crippen LogP contribution in [-0.2, 0) is 0 Å². The van der Waals surface area contributed by atoms with E-state index in [9.17, 15) is 13.2 Å². The molecule has 0 heterocycles. The minimum Gasteiger partial charge on any atom is -0.409 e. The number of rotatable bonds is 2. The van der Waals surface area contributed by atoms with Gasteiger partial charge in [-0.1, -0.05) is 5.16 Å². The molecule has 0 aliphatic carbocycles. The minimum atomic E-state index is -4.88. The fraction of sp³-hybridized carbons (Fsp3) is 0.111. The molecule has 0 bridgehead atoms. The Hall–Kier alpha value is -2.43. The molecule has 90 valence electrons. The van der Waals surface area contributed by atoms with Crippen LogP contribution in [0.25, 0.3) is 0 Å². The molecular formula is C9H6F3N3O2. The van der Waals surface area contributed by atoms with Crippen molar-refractivity contribution in [3.05, 3.63) is 29.3 Å². The van der Waals surface area contributed by atoms with E-state index in [-0.39, 0.29) is 11.1 Å². The molecule has 17 heavy (non-hydrogen) atoms. The number of hydrogen-bond donors (Lipinski definition) is 2. The van der Waals surface area contributed by atoms with Crippen LogP contribution in [0, 0.1) is 11.3 Å². The van der Waals surface area contributed by atoms with Crippen molar-refractivity contribution in [2.45, 2.75) is 6.36 Å². The van der Waals surface area contributed by atoms with Crippen LogP contribution in [0.2, 0.25) is 0 Å². The number of benzene rings is 1. The summed E-state index contributed by atoms with van der Waals surface area (Å²) in [6.45, 7) is 0. The first kappa shape index (κ1) is 12.6. The van der Waals surface area contributed by atoms with E-state index in [4.69, 9.17) is 16.2 Å². The van der Waals surface area contributed by atoms with Gasteiger partial charge in [-0.05, 0) is 18.2 Å². The molecule has 0 spiro atoms. The van der Waals surface area contributed by atoms with Gasteiger partial charge in [0.15, 0.2) is 5.84 Å². The second kappa shape index (κ2) is 4.61. The van der Waals surface area contributed by atoms with Gasteiger partial charge in [0.05, 0.1) is 11.6 Å². The molecule has 0 fully saturated rings. The van der Waals surface area contributed by atoms with Gasteiger partial charge in [-0.25, -0.2) is 0 Å². The quantitative estimate of drug-likeness (QED) is 0.358. The van der Waals surface area contributed by atoms with E-state index in [0.717, 1.165) is 18.2 Å². The maximum absolute atomic E-state index is 12.0. The summed E-state index contributed by atoms with van der Waals surface area (Å²) in [5.74, 6) is -1.03. The molecule has 5 nitrogen and oxygen atoms in total. The lowest BCUT2D eigenvalue weighted by Gasteiger charge is -2.10. The van der Waals surface area contributed by atoms with Crippen LogP contribution in [-0.4, -0.2) is 17.4 Å². The third kappa shape index (κ3) is 3.57. The maximum Gasteiger partial charge on any atom is 0.573 e. The summed E-state index contributed by atoms with van der Waals surface area (Å²) < 4.78 is 39.6. The van der Waals surface area contributed by atoms with Crippen LogP contribution in [0.3, 0.4) is 0 Å². The Morgan fingerprint density at radius 1 is 1.41 bits per heavy atom. The van der Waals surface area contributed by atoms with Crippen molar-refractivity contribution < 1.29 is 23.1 Å². The molecule has 0 atom stereocenters. The van der Waals surface area contributed by atoms with Crippen LogP contribution in [0.15, 0.2) is 23.4 Å². The fourth-order valence-electron chi connectivity index (χ4n) is 1.06. The Morgan fingerprint density at radius 2 is 2.06 bits per heavy atom. The summed E-state index contributed by atoms with van der Waals surface area (Å²) in [5.41, 5.74) is 5.05. The van der Waals surface area contributed by atoms with E-state index in [1.807, 2.05) is 0 Å². The third-order valence-corrected chi connectivity index (χ3v) is 1.67. The lowest BCUT2D eigenvalue weighted by atomic mass is 10.1. The smallest absolute Gasteiger partial charge is 0.409 e. The summed E-state index contributed by atoms with van der Waals surface area (Å²) in [7, 11) is 0. The number of hydrogen-bond acceptors (Lipinski definition) is 4. The van der Waals surface area contributed by atoms with Crippen molar-refractivity contribution in [1.29, 1.82) is 5.26 Å². The van der Waals surface area contributed by atoms with Gasteiger partial charge in [-0.3, -0.25) is 0 Å². The lowest BCUT2D eigenvalue weighted by Crippen LogP contribution is -2.18. The number of nitrogens with zero attached hydrogens (tertiary/aromatic N) is 2. The highest BCUT2D eigenvalue weighted by atomic mass is 19.4. The van der Waals surface area contributed by atoms with E-state index in [0.29, 0.717) is 0 Å². The number of oxime groups is 1. The summed E-state index contributed by atoms with van der Waals surface area (Å²) in [5, 5.41) is 19.6. The Balaban J connectivity index is 3.20. The molecule has 8 heteroatoms. The molecule has 0 saturated heterocycles. The van der Waals surface area contributed by atoms with Crippen LogP contribution >= 0.6 is 0 Å². The number of nitrogens with two attached hydrogens (primary N) is 1. The number of nitriles is 1. The predicted octanol–water partition coefficient (Wildman–Crippen LogP) is 1.55. The first-order chi connectivity index (χ1) is 7.85. The Labute approximate surface area is 93.5 Å². The topological polar surface area (TPSA) is 91.6 Å². The monoisotopic (exact) mass is 245 g/mol. The second-order valence-electron chi connectivity index (χ2n) is 2.89. The van der Waals surface area contributed by atoms with E-state index in [1.165, 1.54) is 0 Å². The molecule has 1 aromatic rings. The largest absolute Gasteiger partial charge is 0.573 e. The average Bonchev–Trinajstić information content (AvgIpc) is 2.25. The van der Waals surface area contributed by atoms with Crippen molar-refractivity contribution >= 4 is 5.84 Å². The van der Waals surface area contributed by atoms with Gasteiger partial charge in [0.25, 0.3) is 0 Å². The zero-order valence-electron chi connectivity index (χ0n) is 8.19. The van der Waals surface area contributed by atoms with Crippen LogP contribution < -0.4 is 10.5 Å². The Kier molecular flexibility index (Phi) is 3.43. The highest BCUT2D eigenvalue weighted by Crippen LogP contribution is 2.24. The van der Waals surface area contributed by atoms with Crippen molar-refractivity contribution in [1.82, 2.24) is 0 Å². The van der Waals surface area contributed by atoms with Gasteiger partial charge >= 0.3 is 6.36 Å². The fourth-order valence-corrected chi connectivity index (χ4v) is 1.06. The molecule has 1 rings (SSSR count). The van der Waals surface area contributed by atoms with Crippen LogP contribution in [0.4, 0.5) is 13.2 Å². The summed E-state index contributed by atoms with van der Waals surface area (Å²) in [6.07, 6.45) is -4.88. The highest BCUT2D eigenvalue weighted by molar-refractivity contribution is 5.97. The molecule has 0 unspecified atom stereocenters. The standard InChI is InChI=1S/C9H6F3N3O2/c10-9(11,12)17-7-2-5(4-13)1-6(3-7)8(14)15-16/h1-3,16H,(H2,14,15). The molecule has 0 amide bonds. The number of alkyl halides is 3. The van der Waals surface area contributed by atoms with Crippen molar-refractivity contribution in [2.24, 2.45) is 10.9 Å². The summed E-state index contributed by atoms with van der Waals surface area (Å²) in [6, 6.07) is 4.59. The van der Waals surface area contributed by atoms with E-state index in [1.54, 1.807) is 6.07 Å². The van der Waals surface area contributed by atoms with Gasteiger partial charge in [-0.15, -0.1) is 13.2 Å². The zero-order chi connectivity index (χ0) is 13.1. The average molecular weight is 245 g/mol. The molecular weight excluding hydrogens is 239 g/mol. The normalized spacial score (nSPS) is 12.0. The van der Waals surface area contributed by atoms with Gasteiger partial charge < -0.3 is 15.7 Å². The van der Waals surface area contributed by atoms with E-state index in [2.05, 4.69) is 9.89 Å². The molecule has 1 aromatic carbocycles. The number of ether oxygens (including phenoxy) is 1. The van der Waals surface area contributed by atoms with Gasteiger partial charge in [-0.2, -0.15) is 5.26 Å². The molecule has 0 radical (unpaired) electrons. The summed E-state index contributed by atoms with van der Waals surface area (Å²) in [4.78, 5) is 0. The van der Waals surface area contributed by atoms with Crippen molar-refractivity contribution in [2.75, 3.05) is 0 Å². The first-order valence-electron chi connectivity index (χ1n) is 4.14. The van der Waals surface area contributed by atoms with E-state index >= 15 is 0 Å². The predicted molar refractivity (Wildman–Crippen MR) is 50.4 cm³/mol. The van der Waals surface area contributed by atoms with E-state index < -0.39 is 17.9 Å². The van der Waals surface area contributed by atoms with Gasteiger partial charge in [0, 0.05) is 5.56 Å². The molecule has 0 aliphatic heterocycles. The van der Waals surface area contributed by atoms with Crippen molar-refractivity contribution in [3.8, 4) is 11.8 Å². The second-order valence-corrected chi connectivity index (χ2v) is 2.89. The number of halogens is 3. The first-order valence-corrected chi connectivity index (χ1v) is 4.14. The van der Waals surface area contributed by atoms with Gasteiger partial charge in [0.2, 0.25) is 0 Å². The molecule has 3 N–H and O–H groups in total. The van der Waals surface area contributed by atoms with Gasteiger partial charge in [0.1, 0.15) is 5.75 Å². The van der Waals surface area contributed by atoms with Crippen LogP contribution in [0.5, 0.6) is 5.75 Å². The Morgan fingerprint density at radius 3 is 2.53 bits per heavy atom. The zero-order valence-corrected chi connectivity index (χ0v) is 8.19. The summed E-state index contributed by atoms with van der Waals surface area (Å²) >= 11 is 0. The number of amidine groups is 1.